The Morgan fingerprint density at radius 3 is 2.67 bits per heavy atom. The van der Waals surface area contributed by atoms with Gasteiger partial charge < -0.3 is 10.5 Å². The Morgan fingerprint density at radius 1 is 1.33 bits per heavy atom. The molecule has 0 aliphatic carbocycles. The molecule has 0 saturated heterocycles. The zero-order chi connectivity index (χ0) is 6.95. The van der Waals surface area contributed by atoms with Crippen LogP contribution in [0.25, 0.3) is 0 Å². The van der Waals surface area contributed by atoms with Crippen LogP contribution in [0.4, 0.5) is 0 Å². The van der Waals surface area contributed by atoms with Crippen molar-refractivity contribution in [1.29, 1.82) is 0 Å². The number of ether oxygens (including phenoxy) is 1. The van der Waals surface area contributed by atoms with Crippen molar-refractivity contribution in [2.45, 2.75) is 0 Å². The third kappa shape index (κ3) is 7.84. The van der Waals surface area contributed by atoms with Crippen LogP contribution >= 0.6 is 0 Å². The molecular formula is C5H14N2O2. The van der Waals surface area contributed by atoms with Crippen LogP contribution in [0.5, 0.6) is 0 Å². The average molecular weight is 134 g/mol. The normalized spacial score (nSPS) is 10.0. The van der Waals surface area contributed by atoms with Gasteiger partial charge in [-0.25, -0.2) is 5.48 Å². The average Bonchev–Trinajstić information content (AvgIpc) is 1.89. The quantitative estimate of drug-likeness (QED) is 0.365. The largest absolute Gasteiger partial charge is 0.378 e. The first-order valence-corrected chi connectivity index (χ1v) is 2.98. The number of nitrogens with two attached hydrogens (primary N) is 1. The van der Waals surface area contributed by atoms with Gasteiger partial charge in [-0.1, -0.05) is 0 Å². The minimum Gasteiger partial charge on any atom is -0.378 e. The fraction of sp³-hybridized carbons (Fsp3) is 1.00. The molecule has 0 fully saturated rings. The Bertz CT molecular complexity index is 46.2. The molecule has 0 radical (unpaired) electrons. The number of rotatable bonds is 6. The second-order valence-electron chi connectivity index (χ2n) is 1.45. The van der Waals surface area contributed by atoms with Crippen LogP contribution in [0.3, 0.4) is 0 Å². The fourth-order valence-electron chi connectivity index (χ4n) is 0.388. The van der Waals surface area contributed by atoms with E-state index >= 15 is 0 Å². The van der Waals surface area contributed by atoms with E-state index in [1.54, 1.807) is 7.05 Å². The van der Waals surface area contributed by atoms with Gasteiger partial charge in [-0.15, -0.1) is 0 Å². The zero-order valence-electron chi connectivity index (χ0n) is 5.72. The molecule has 3 N–H and O–H groups in total. The van der Waals surface area contributed by atoms with E-state index in [-0.39, 0.29) is 0 Å². The van der Waals surface area contributed by atoms with E-state index in [1.807, 2.05) is 0 Å². The van der Waals surface area contributed by atoms with Crippen molar-refractivity contribution in [2.24, 2.45) is 5.73 Å². The lowest BCUT2D eigenvalue weighted by molar-refractivity contribution is 0.00746. The monoisotopic (exact) mass is 134 g/mol. The van der Waals surface area contributed by atoms with Crippen LogP contribution in [-0.2, 0) is 9.57 Å². The SMILES string of the molecule is CNOCCOCCN. The summed E-state index contributed by atoms with van der Waals surface area (Å²) in [5.41, 5.74) is 7.70. The Kier molecular flexibility index (Phi) is 7.70. The van der Waals surface area contributed by atoms with Crippen LogP contribution in [0.15, 0.2) is 0 Å². The Hall–Kier alpha value is -0.160. The molecule has 0 aromatic carbocycles. The third-order valence-electron chi connectivity index (χ3n) is 0.736. The maximum absolute atomic E-state index is 5.16. The topological polar surface area (TPSA) is 56.5 Å². The van der Waals surface area contributed by atoms with Crippen molar-refractivity contribution in [2.75, 3.05) is 33.4 Å². The van der Waals surface area contributed by atoms with E-state index in [0.29, 0.717) is 26.4 Å². The summed E-state index contributed by atoms with van der Waals surface area (Å²) >= 11 is 0. The maximum Gasteiger partial charge on any atom is 0.0915 e. The first kappa shape index (κ1) is 8.84. The predicted molar refractivity (Wildman–Crippen MR) is 34.9 cm³/mol. The van der Waals surface area contributed by atoms with Gasteiger partial charge in [0, 0.05) is 13.6 Å². The summed E-state index contributed by atoms with van der Waals surface area (Å²) in [4.78, 5) is 4.76. The standard InChI is InChI=1S/C5H14N2O2/c1-7-9-5-4-8-3-2-6/h7H,2-6H2,1H3. The summed E-state index contributed by atoms with van der Waals surface area (Å²) in [6, 6.07) is 0. The molecule has 0 bridgehead atoms. The summed E-state index contributed by atoms with van der Waals surface area (Å²) in [5, 5.41) is 0. The molecule has 0 aliphatic heterocycles. The minimum atomic E-state index is 0.566. The molecule has 0 heterocycles. The van der Waals surface area contributed by atoms with E-state index in [1.165, 1.54) is 0 Å². The molecule has 0 unspecified atom stereocenters. The first-order valence-electron chi connectivity index (χ1n) is 2.98. The molecule has 0 rings (SSSR count). The van der Waals surface area contributed by atoms with E-state index in [4.69, 9.17) is 15.3 Å². The molecule has 9 heavy (non-hydrogen) atoms. The summed E-state index contributed by atoms with van der Waals surface area (Å²) in [5.74, 6) is 0. The van der Waals surface area contributed by atoms with Crippen molar-refractivity contribution in [1.82, 2.24) is 5.48 Å². The lowest BCUT2D eigenvalue weighted by Crippen LogP contribution is -2.15. The Labute approximate surface area is 55.3 Å². The van der Waals surface area contributed by atoms with Gasteiger partial charge in [0.05, 0.1) is 19.8 Å². The van der Waals surface area contributed by atoms with Crippen LogP contribution < -0.4 is 11.2 Å². The Morgan fingerprint density at radius 2 is 2.11 bits per heavy atom. The highest BCUT2D eigenvalue weighted by atomic mass is 16.7. The van der Waals surface area contributed by atoms with Gasteiger partial charge in [0.1, 0.15) is 0 Å². The van der Waals surface area contributed by atoms with Crippen LogP contribution in [0.2, 0.25) is 0 Å². The van der Waals surface area contributed by atoms with Crippen LogP contribution in [0.1, 0.15) is 0 Å². The third-order valence-corrected chi connectivity index (χ3v) is 0.736. The van der Waals surface area contributed by atoms with E-state index in [0.717, 1.165) is 0 Å². The molecule has 0 aromatic rings. The predicted octanol–water partition coefficient (Wildman–Crippen LogP) is -0.887. The molecule has 4 nitrogen and oxygen atoms in total. The second-order valence-corrected chi connectivity index (χ2v) is 1.45. The molecule has 0 aromatic heterocycles. The van der Waals surface area contributed by atoms with Crippen molar-refractivity contribution < 1.29 is 9.57 Å². The van der Waals surface area contributed by atoms with Gasteiger partial charge >= 0.3 is 0 Å². The summed E-state index contributed by atoms with van der Waals surface area (Å²) in [6.45, 7) is 2.33. The van der Waals surface area contributed by atoms with Crippen molar-refractivity contribution >= 4 is 0 Å². The maximum atomic E-state index is 5.16. The molecular weight excluding hydrogens is 120 g/mol. The molecule has 56 valence electrons. The molecule has 0 atom stereocenters. The lowest BCUT2D eigenvalue weighted by Gasteiger charge is -2.01. The molecule has 0 saturated carbocycles. The van der Waals surface area contributed by atoms with Crippen LogP contribution in [0, 0.1) is 0 Å². The Balaban J connectivity index is 2.60. The first-order chi connectivity index (χ1) is 4.41. The molecule has 0 amide bonds. The van der Waals surface area contributed by atoms with Gasteiger partial charge in [0.15, 0.2) is 0 Å². The van der Waals surface area contributed by atoms with Gasteiger partial charge in [-0.3, -0.25) is 4.84 Å². The summed E-state index contributed by atoms with van der Waals surface area (Å²) < 4.78 is 4.99. The zero-order valence-corrected chi connectivity index (χ0v) is 5.72. The van der Waals surface area contributed by atoms with Gasteiger partial charge in [0.2, 0.25) is 0 Å². The highest BCUT2D eigenvalue weighted by Gasteiger charge is 1.83. The second kappa shape index (κ2) is 7.84. The summed E-state index contributed by atoms with van der Waals surface area (Å²) in [6.07, 6.45) is 0. The van der Waals surface area contributed by atoms with Crippen molar-refractivity contribution in [3.05, 3.63) is 0 Å². The van der Waals surface area contributed by atoms with Gasteiger partial charge in [-0.05, 0) is 0 Å². The highest BCUT2D eigenvalue weighted by Crippen LogP contribution is 1.71. The number of hydroxylamine groups is 1. The van der Waals surface area contributed by atoms with Crippen LogP contribution in [-0.4, -0.2) is 33.4 Å². The molecule has 0 spiro atoms. The molecule has 4 heteroatoms. The highest BCUT2D eigenvalue weighted by molar-refractivity contribution is 4.30. The van der Waals surface area contributed by atoms with Gasteiger partial charge in [0.25, 0.3) is 0 Å². The number of nitrogens with one attached hydrogen (secondary N) is 1. The lowest BCUT2D eigenvalue weighted by atomic mass is 10.7. The van der Waals surface area contributed by atoms with Gasteiger partial charge in [-0.2, -0.15) is 0 Å². The van der Waals surface area contributed by atoms with Crippen molar-refractivity contribution in [3.8, 4) is 0 Å². The van der Waals surface area contributed by atoms with E-state index < -0.39 is 0 Å². The van der Waals surface area contributed by atoms with E-state index in [9.17, 15) is 0 Å². The van der Waals surface area contributed by atoms with E-state index in [2.05, 4.69) is 5.48 Å². The smallest absolute Gasteiger partial charge is 0.0915 e. The number of hydrogen-bond acceptors (Lipinski definition) is 4. The fourth-order valence-corrected chi connectivity index (χ4v) is 0.388. The summed E-state index contributed by atoms with van der Waals surface area (Å²) in [7, 11) is 1.71. The minimum absolute atomic E-state index is 0.566. The van der Waals surface area contributed by atoms with Crippen molar-refractivity contribution in [3.63, 3.8) is 0 Å². The molecule has 0 aliphatic rings. The number of hydrogen-bond donors (Lipinski definition) is 2.